The standard InChI is InChI=1S/C18H16BrNO2/c1-12(13-7-9-15(19)10-8-13)20-22-18(21)17-11-16(17)14-5-3-2-4-6-14/h2-10,16-17H,11H2,1H3/b20-12+/t16-,17+/m1/s1. The molecule has 0 N–H and O–H groups in total. The molecule has 112 valence electrons. The van der Waals surface area contributed by atoms with Gasteiger partial charge in [-0.15, -0.1) is 0 Å². The van der Waals surface area contributed by atoms with Gasteiger partial charge in [0.05, 0.1) is 11.6 Å². The van der Waals surface area contributed by atoms with Gasteiger partial charge in [0.2, 0.25) is 0 Å². The van der Waals surface area contributed by atoms with Crippen molar-refractivity contribution in [3.05, 3.63) is 70.2 Å². The van der Waals surface area contributed by atoms with E-state index in [2.05, 4.69) is 21.1 Å². The molecule has 2 atom stereocenters. The average molecular weight is 358 g/mol. The number of nitrogens with zero attached hydrogens (tertiary/aromatic N) is 1. The smallest absolute Gasteiger partial charge is 0.318 e. The third-order valence-electron chi connectivity index (χ3n) is 3.86. The van der Waals surface area contributed by atoms with Crippen molar-refractivity contribution in [3.8, 4) is 0 Å². The van der Waals surface area contributed by atoms with Crippen LogP contribution in [0, 0.1) is 5.92 Å². The molecule has 0 saturated heterocycles. The van der Waals surface area contributed by atoms with E-state index in [4.69, 9.17) is 4.84 Å². The molecule has 3 rings (SSSR count). The molecule has 1 aliphatic rings. The van der Waals surface area contributed by atoms with Gasteiger partial charge in [0.25, 0.3) is 0 Å². The third-order valence-corrected chi connectivity index (χ3v) is 4.38. The van der Waals surface area contributed by atoms with Crippen LogP contribution in [0.3, 0.4) is 0 Å². The fraction of sp³-hybridized carbons (Fsp3) is 0.222. The summed E-state index contributed by atoms with van der Waals surface area (Å²) in [6.07, 6.45) is 0.843. The van der Waals surface area contributed by atoms with Crippen molar-refractivity contribution >= 4 is 27.6 Å². The van der Waals surface area contributed by atoms with E-state index in [-0.39, 0.29) is 17.8 Å². The summed E-state index contributed by atoms with van der Waals surface area (Å²) in [5, 5.41) is 3.97. The number of hydrogen-bond acceptors (Lipinski definition) is 3. The second-order valence-corrected chi connectivity index (χ2v) is 6.37. The molecule has 4 heteroatoms. The summed E-state index contributed by atoms with van der Waals surface area (Å²) in [6.45, 7) is 1.83. The molecule has 0 unspecified atom stereocenters. The molecule has 22 heavy (non-hydrogen) atoms. The molecule has 0 aromatic heterocycles. The van der Waals surface area contributed by atoms with E-state index in [1.807, 2.05) is 61.5 Å². The van der Waals surface area contributed by atoms with Crippen LogP contribution in [0.5, 0.6) is 0 Å². The molecule has 0 bridgehead atoms. The van der Waals surface area contributed by atoms with E-state index in [0.717, 1.165) is 16.5 Å². The Bertz CT molecular complexity index is 695. The monoisotopic (exact) mass is 357 g/mol. The zero-order valence-electron chi connectivity index (χ0n) is 12.2. The van der Waals surface area contributed by atoms with Crippen LogP contribution in [0.4, 0.5) is 0 Å². The van der Waals surface area contributed by atoms with Crippen LogP contribution < -0.4 is 0 Å². The number of carbonyl (C=O) groups is 1. The molecule has 0 heterocycles. The summed E-state index contributed by atoms with van der Waals surface area (Å²) in [6, 6.07) is 17.8. The Balaban J connectivity index is 1.59. The van der Waals surface area contributed by atoms with E-state index >= 15 is 0 Å². The maximum absolute atomic E-state index is 12.0. The van der Waals surface area contributed by atoms with Crippen LogP contribution in [-0.2, 0) is 9.63 Å². The Hall–Kier alpha value is -1.94. The first-order valence-electron chi connectivity index (χ1n) is 7.21. The van der Waals surface area contributed by atoms with E-state index in [0.29, 0.717) is 5.71 Å². The van der Waals surface area contributed by atoms with Crippen LogP contribution in [0.15, 0.2) is 64.2 Å². The average Bonchev–Trinajstić information content (AvgIpc) is 3.34. The molecule has 2 aromatic rings. The van der Waals surface area contributed by atoms with E-state index in [9.17, 15) is 4.79 Å². The quantitative estimate of drug-likeness (QED) is 0.458. The van der Waals surface area contributed by atoms with Crippen molar-refractivity contribution < 1.29 is 9.63 Å². The SMILES string of the molecule is C/C(=N\OC(=O)[C@H]1C[C@@H]1c1ccccc1)c1ccc(Br)cc1. The van der Waals surface area contributed by atoms with Gasteiger partial charge < -0.3 is 4.84 Å². The van der Waals surface area contributed by atoms with E-state index in [1.165, 1.54) is 5.56 Å². The number of hydrogen-bond donors (Lipinski definition) is 0. The predicted molar refractivity (Wildman–Crippen MR) is 89.7 cm³/mol. The first-order chi connectivity index (χ1) is 10.6. The lowest BCUT2D eigenvalue weighted by Gasteiger charge is -2.02. The Kier molecular flexibility index (Phi) is 4.39. The number of rotatable bonds is 4. The van der Waals surface area contributed by atoms with Crippen molar-refractivity contribution in [1.29, 1.82) is 0 Å². The highest BCUT2D eigenvalue weighted by Gasteiger charge is 2.45. The van der Waals surface area contributed by atoms with Gasteiger partial charge in [0.1, 0.15) is 0 Å². The number of carbonyl (C=O) groups excluding carboxylic acids is 1. The summed E-state index contributed by atoms with van der Waals surface area (Å²) < 4.78 is 1.00. The predicted octanol–water partition coefficient (Wildman–Crippen LogP) is 4.52. The van der Waals surface area contributed by atoms with Crippen molar-refractivity contribution in [1.82, 2.24) is 0 Å². The van der Waals surface area contributed by atoms with Crippen LogP contribution in [0.1, 0.15) is 30.4 Å². The minimum absolute atomic E-state index is 0.0659. The fourth-order valence-electron chi connectivity index (χ4n) is 2.45. The van der Waals surface area contributed by atoms with Crippen LogP contribution >= 0.6 is 15.9 Å². The van der Waals surface area contributed by atoms with Gasteiger partial charge in [0, 0.05) is 4.47 Å². The molecule has 0 aliphatic heterocycles. The Morgan fingerprint density at radius 2 is 1.82 bits per heavy atom. The first kappa shape index (κ1) is 15.0. The molecule has 1 saturated carbocycles. The Morgan fingerprint density at radius 3 is 2.50 bits per heavy atom. The maximum atomic E-state index is 12.0. The summed E-state index contributed by atoms with van der Waals surface area (Å²) in [4.78, 5) is 17.1. The third kappa shape index (κ3) is 3.45. The summed E-state index contributed by atoms with van der Waals surface area (Å²) in [5.74, 6) is -0.0360. The highest BCUT2D eigenvalue weighted by atomic mass is 79.9. The van der Waals surface area contributed by atoms with Gasteiger partial charge >= 0.3 is 5.97 Å². The van der Waals surface area contributed by atoms with E-state index < -0.39 is 0 Å². The molecule has 1 fully saturated rings. The normalized spacial score (nSPS) is 20.5. The lowest BCUT2D eigenvalue weighted by atomic mass is 10.1. The maximum Gasteiger partial charge on any atom is 0.338 e. The van der Waals surface area contributed by atoms with Gasteiger partial charge in [-0.2, -0.15) is 0 Å². The molecule has 2 aromatic carbocycles. The van der Waals surface area contributed by atoms with Crippen molar-refractivity contribution in [2.24, 2.45) is 11.1 Å². The fourth-order valence-corrected chi connectivity index (χ4v) is 2.71. The topological polar surface area (TPSA) is 38.7 Å². The zero-order chi connectivity index (χ0) is 15.5. The van der Waals surface area contributed by atoms with Gasteiger partial charge in [-0.05, 0) is 42.5 Å². The van der Waals surface area contributed by atoms with Gasteiger partial charge in [-0.3, -0.25) is 0 Å². The number of oxime groups is 1. The highest BCUT2D eigenvalue weighted by Crippen LogP contribution is 2.48. The van der Waals surface area contributed by atoms with Gasteiger partial charge in [-0.25, -0.2) is 4.79 Å². The second-order valence-electron chi connectivity index (χ2n) is 5.45. The minimum atomic E-state index is -0.245. The molecule has 0 radical (unpaired) electrons. The summed E-state index contributed by atoms with van der Waals surface area (Å²) in [7, 11) is 0. The molecule has 1 aliphatic carbocycles. The van der Waals surface area contributed by atoms with Crippen molar-refractivity contribution in [2.45, 2.75) is 19.3 Å². The largest absolute Gasteiger partial charge is 0.338 e. The highest BCUT2D eigenvalue weighted by molar-refractivity contribution is 9.10. The molecular weight excluding hydrogens is 342 g/mol. The van der Waals surface area contributed by atoms with Gasteiger partial charge in [-0.1, -0.05) is 63.6 Å². The first-order valence-corrected chi connectivity index (χ1v) is 8.01. The van der Waals surface area contributed by atoms with Crippen LogP contribution in [0.25, 0.3) is 0 Å². The van der Waals surface area contributed by atoms with Crippen molar-refractivity contribution in [2.75, 3.05) is 0 Å². The van der Waals surface area contributed by atoms with Crippen molar-refractivity contribution in [3.63, 3.8) is 0 Å². The Labute approximate surface area is 138 Å². The molecule has 0 amide bonds. The van der Waals surface area contributed by atoms with Crippen LogP contribution in [-0.4, -0.2) is 11.7 Å². The van der Waals surface area contributed by atoms with E-state index in [1.54, 1.807) is 0 Å². The number of halogens is 1. The number of benzene rings is 2. The van der Waals surface area contributed by atoms with Crippen LogP contribution in [0.2, 0.25) is 0 Å². The molecular formula is C18H16BrNO2. The summed E-state index contributed by atoms with van der Waals surface area (Å²) in [5.41, 5.74) is 2.82. The lowest BCUT2D eigenvalue weighted by molar-refractivity contribution is -0.145. The summed E-state index contributed by atoms with van der Waals surface area (Å²) >= 11 is 3.39. The second kappa shape index (κ2) is 6.44. The molecule has 3 nitrogen and oxygen atoms in total. The lowest BCUT2D eigenvalue weighted by Crippen LogP contribution is -2.06. The minimum Gasteiger partial charge on any atom is -0.318 e. The Morgan fingerprint density at radius 1 is 1.14 bits per heavy atom. The van der Waals surface area contributed by atoms with Gasteiger partial charge in [0.15, 0.2) is 0 Å². The zero-order valence-corrected chi connectivity index (χ0v) is 13.8. The molecule has 0 spiro atoms.